The molecule has 0 radical (unpaired) electrons. The summed E-state index contributed by atoms with van der Waals surface area (Å²) in [6.07, 6.45) is 11.4. The minimum absolute atomic E-state index is 0.118. The summed E-state index contributed by atoms with van der Waals surface area (Å²) in [4.78, 5) is 48.5. The van der Waals surface area contributed by atoms with E-state index in [-0.39, 0.29) is 23.6 Å². The molecule has 14 N–H and O–H groups in total. The lowest BCUT2D eigenvalue weighted by molar-refractivity contribution is -0.123. The Hall–Kier alpha value is -2.32. The molecule has 4 atom stereocenters. The third kappa shape index (κ3) is 23.1. The zero-order valence-corrected chi connectivity index (χ0v) is 27.5. The van der Waals surface area contributed by atoms with Gasteiger partial charge in [-0.2, -0.15) is 0 Å². The summed E-state index contributed by atoms with van der Waals surface area (Å²) in [5.74, 6) is -0.0252. The maximum atomic E-state index is 12.2. The normalized spacial score (nSPS) is 14.0. The number of carbonyl (C=O) groups is 4. The quantitative estimate of drug-likeness (QED) is 0.0538. The SMILES string of the molecule is CC(C)CCCCNC(=O)C(N)CCCCNC(=O)C(N)CCCCNC(=O)C(N)CCCCNC(=O)C(N)CCCCN. The lowest BCUT2D eigenvalue weighted by Gasteiger charge is -2.15. The largest absolute Gasteiger partial charge is 0.355 e. The fourth-order valence-electron chi connectivity index (χ4n) is 4.55. The topological polar surface area (TPSA) is 247 Å². The van der Waals surface area contributed by atoms with E-state index in [1.165, 1.54) is 0 Å². The molecule has 0 saturated heterocycles. The highest BCUT2D eigenvalue weighted by atomic mass is 16.2. The molecule has 0 rings (SSSR count). The summed E-state index contributed by atoms with van der Waals surface area (Å²) in [6.45, 7) is 7.08. The molecule has 4 unspecified atom stereocenters. The number of unbranched alkanes of at least 4 members (excludes halogenated alkanes) is 5. The molecule has 258 valence electrons. The predicted molar refractivity (Wildman–Crippen MR) is 177 cm³/mol. The molecule has 44 heavy (non-hydrogen) atoms. The Balaban J connectivity index is 3.80. The van der Waals surface area contributed by atoms with Crippen LogP contribution in [0, 0.1) is 5.92 Å². The Morgan fingerprint density at radius 2 is 0.682 bits per heavy atom. The molecule has 0 fully saturated rings. The van der Waals surface area contributed by atoms with E-state index < -0.39 is 24.2 Å². The molecular weight excluding hydrogens is 562 g/mol. The van der Waals surface area contributed by atoms with E-state index in [1.807, 2.05) is 0 Å². The molecular formula is C31H65N9O4. The van der Waals surface area contributed by atoms with Gasteiger partial charge in [0.2, 0.25) is 23.6 Å². The number of carbonyl (C=O) groups excluding carboxylic acids is 4. The average Bonchev–Trinajstić information content (AvgIpc) is 2.99. The summed E-state index contributed by atoms with van der Waals surface area (Å²) in [5, 5.41) is 11.4. The van der Waals surface area contributed by atoms with Crippen molar-refractivity contribution in [1.29, 1.82) is 0 Å². The molecule has 0 aliphatic carbocycles. The number of rotatable bonds is 28. The number of hydrogen-bond acceptors (Lipinski definition) is 9. The van der Waals surface area contributed by atoms with Crippen LogP contribution in [0.15, 0.2) is 0 Å². The van der Waals surface area contributed by atoms with Gasteiger partial charge >= 0.3 is 0 Å². The second-order valence-corrected chi connectivity index (χ2v) is 12.3. The fourth-order valence-corrected chi connectivity index (χ4v) is 4.55. The van der Waals surface area contributed by atoms with Crippen LogP contribution >= 0.6 is 0 Å². The van der Waals surface area contributed by atoms with Crippen LogP contribution in [0.4, 0.5) is 0 Å². The van der Waals surface area contributed by atoms with E-state index >= 15 is 0 Å². The standard InChI is InChI=1S/C31H65N9O4/c1-23(2)13-4-9-19-37-29(42)25(34)15-6-11-21-39-31(44)27(36)17-7-12-22-40-30(43)26(35)16-5-10-20-38-28(41)24(33)14-3-8-18-32/h23-27H,3-22,32-36H2,1-2H3,(H,37,42)(H,38,41)(H,39,44)(H,40,43). The van der Waals surface area contributed by atoms with Crippen LogP contribution in [0.2, 0.25) is 0 Å². The minimum Gasteiger partial charge on any atom is -0.355 e. The van der Waals surface area contributed by atoms with Gasteiger partial charge in [-0.3, -0.25) is 19.2 Å². The lowest BCUT2D eigenvalue weighted by Crippen LogP contribution is -2.42. The molecule has 0 aromatic rings. The van der Waals surface area contributed by atoms with Crippen molar-refractivity contribution >= 4 is 23.6 Å². The van der Waals surface area contributed by atoms with E-state index in [0.717, 1.165) is 44.9 Å². The second kappa shape index (κ2) is 27.0. The first-order valence-corrected chi connectivity index (χ1v) is 16.8. The zero-order chi connectivity index (χ0) is 33.2. The average molecular weight is 628 g/mol. The summed E-state index contributed by atoms with van der Waals surface area (Å²) < 4.78 is 0. The fraction of sp³-hybridized carbons (Fsp3) is 0.871. The number of nitrogens with one attached hydrogen (secondary N) is 4. The van der Waals surface area contributed by atoms with Gasteiger partial charge in [0.1, 0.15) is 0 Å². The van der Waals surface area contributed by atoms with Crippen molar-refractivity contribution in [3.8, 4) is 0 Å². The van der Waals surface area contributed by atoms with Crippen molar-refractivity contribution in [2.24, 2.45) is 34.6 Å². The number of nitrogens with two attached hydrogens (primary N) is 5. The first-order valence-electron chi connectivity index (χ1n) is 16.8. The van der Waals surface area contributed by atoms with Crippen LogP contribution in [0.5, 0.6) is 0 Å². The molecule has 0 heterocycles. The van der Waals surface area contributed by atoms with E-state index in [0.29, 0.717) is 90.0 Å². The van der Waals surface area contributed by atoms with Gasteiger partial charge < -0.3 is 49.9 Å². The Morgan fingerprint density at radius 3 is 0.932 bits per heavy atom. The van der Waals surface area contributed by atoms with Crippen LogP contribution in [-0.4, -0.2) is 80.5 Å². The van der Waals surface area contributed by atoms with Gasteiger partial charge in [-0.1, -0.05) is 33.1 Å². The van der Waals surface area contributed by atoms with Crippen molar-refractivity contribution in [3.05, 3.63) is 0 Å². The Labute approximate surface area is 265 Å². The zero-order valence-electron chi connectivity index (χ0n) is 27.5. The van der Waals surface area contributed by atoms with Crippen molar-refractivity contribution in [3.63, 3.8) is 0 Å². The first kappa shape index (κ1) is 41.7. The van der Waals surface area contributed by atoms with E-state index in [4.69, 9.17) is 28.7 Å². The third-order valence-corrected chi connectivity index (χ3v) is 7.55. The molecule has 0 spiro atoms. The molecule has 4 amide bonds. The van der Waals surface area contributed by atoms with E-state index in [2.05, 4.69) is 35.1 Å². The Morgan fingerprint density at radius 1 is 0.432 bits per heavy atom. The van der Waals surface area contributed by atoms with Crippen LogP contribution in [-0.2, 0) is 19.2 Å². The highest BCUT2D eigenvalue weighted by Crippen LogP contribution is 2.06. The predicted octanol–water partition coefficient (Wildman–Crippen LogP) is 0.227. The second-order valence-electron chi connectivity index (χ2n) is 12.3. The van der Waals surface area contributed by atoms with Gasteiger partial charge in [-0.05, 0) is 89.5 Å². The molecule has 0 bridgehead atoms. The van der Waals surface area contributed by atoms with Gasteiger partial charge in [0, 0.05) is 26.2 Å². The molecule has 13 nitrogen and oxygen atoms in total. The molecule has 0 saturated carbocycles. The molecule has 0 aromatic carbocycles. The maximum Gasteiger partial charge on any atom is 0.236 e. The summed E-state index contributed by atoms with van der Waals surface area (Å²) in [5.41, 5.74) is 29.3. The third-order valence-electron chi connectivity index (χ3n) is 7.55. The highest BCUT2D eigenvalue weighted by Gasteiger charge is 2.16. The van der Waals surface area contributed by atoms with Gasteiger partial charge in [0.15, 0.2) is 0 Å². The Bertz CT molecular complexity index is 785. The van der Waals surface area contributed by atoms with E-state index in [1.54, 1.807) is 0 Å². The number of amides is 4. The lowest BCUT2D eigenvalue weighted by atomic mass is 10.1. The molecule has 13 heteroatoms. The van der Waals surface area contributed by atoms with Crippen LogP contribution in [0.1, 0.15) is 110 Å². The number of hydrogen-bond donors (Lipinski definition) is 9. The summed E-state index contributed by atoms with van der Waals surface area (Å²) in [7, 11) is 0. The molecule has 0 aliphatic heterocycles. The minimum atomic E-state index is -0.613. The highest BCUT2D eigenvalue weighted by molar-refractivity contribution is 5.82. The summed E-state index contributed by atoms with van der Waals surface area (Å²) in [6, 6.07) is -2.28. The van der Waals surface area contributed by atoms with Crippen molar-refractivity contribution in [2.45, 2.75) is 134 Å². The maximum absolute atomic E-state index is 12.2. The van der Waals surface area contributed by atoms with Crippen LogP contribution in [0.3, 0.4) is 0 Å². The first-order chi connectivity index (χ1) is 21.0. The van der Waals surface area contributed by atoms with Crippen LogP contribution < -0.4 is 49.9 Å². The van der Waals surface area contributed by atoms with Crippen molar-refractivity contribution in [2.75, 3.05) is 32.7 Å². The van der Waals surface area contributed by atoms with Gasteiger partial charge in [0.05, 0.1) is 24.2 Å². The summed E-state index contributed by atoms with van der Waals surface area (Å²) >= 11 is 0. The van der Waals surface area contributed by atoms with Crippen molar-refractivity contribution < 1.29 is 19.2 Å². The van der Waals surface area contributed by atoms with Crippen LogP contribution in [0.25, 0.3) is 0 Å². The molecule has 0 aromatic heterocycles. The molecule has 0 aliphatic rings. The van der Waals surface area contributed by atoms with Gasteiger partial charge in [0.25, 0.3) is 0 Å². The van der Waals surface area contributed by atoms with Gasteiger partial charge in [-0.25, -0.2) is 0 Å². The van der Waals surface area contributed by atoms with E-state index in [9.17, 15) is 19.2 Å². The van der Waals surface area contributed by atoms with Crippen molar-refractivity contribution in [1.82, 2.24) is 21.3 Å². The smallest absolute Gasteiger partial charge is 0.236 e. The Kier molecular flexibility index (Phi) is 25.6. The van der Waals surface area contributed by atoms with Gasteiger partial charge in [-0.15, -0.1) is 0 Å². The monoisotopic (exact) mass is 628 g/mol.